The number of carbonyl (C=O) groups excluding carboxylic acids is 2. The van der Waals surface area contributed by atoms with Crippen LogP contribution < -0.4 is 4.89 Å². The highest BCUT2D eigenvalue weighted by molar-refractivity contribution is 7.45. The molecule has 0 aromatic rings. The molecule has 0 spiro atoms. The van der Waals surface area contributed by atoms with E-state index in [2.05, 4.69) is 50.3 Å². The van der Waals surface area contributed by atoms with Crippen molar-refractivity contribution in [2.24, 2.45) is 0 Å². The molecule has 0 heterocycles. The van der Waals surface area contributed by atoms with Crippen LogP contribution in [0.3, 0.4) is 0 Å². The van der Waals surface area contributed by atoms with Crippen molar-refractivity contribution < 1.29 is 42.1 Å². The molecule has 9 nitrogen and oxygen atoms in total. The molecule has 0 saturated carbocycles. The predicted molar refractivity (Wildman–Crippen MR) is 287 cm³/mol. The Bertz CT molecular complexity index is 1250. The number of allylic oxidation sites excluding steroid dienone is 6. The third-order valence-corrected chi connectivity index (χ3v) is 13.6. The number of carbonyl (C=O) groups is 2. The summed E-state index contributed by atoms with van der Waals surface area (Å²) in [5, 5.41) is 0. The van der Waals surface area contributed by atoms with Crippen molar-refractivity contribution in [1.82, 2.24) is 0 Å². The van der Waals surface area contributed by atoms with E-state index in [0.717, 1.165) is 44.9 Å². The maximum Gasteiger partial charge on any atom is 0.306 e. The molecule has 2 atom stereocenters. The first kappa shape index (κ1) is 66.2. The maximum absolute atomic E-state index is 12.8. The second-order valence-electron chi connectivity index (χ2n) is 20.6. The number of rotatable bonds is 53. The van der Waals surface area contributed by atoms with E-state index in [4.69, 9.17) is 18.5 Å². The Morgan fingerprint density at radius 2 is 0.779 bits per heavy atom. The molecule has 0 fully saturated rings. The zero-order chi connectivity index (χ0) is 49.9. The highest BCUT2D eigenvalue weighted by Crippen LogP contribution is 2.38. The first-order chi connectivity index (χ1) is 33.0. The third-order valence-electron chi connectivity index (χ3n) is 12.6. The summed E-state index contributed by atoms with van der Waals surface area (Å²) < 4.78 is 34.1. The summed E-state index contributed by atoms with van der Waals surface area (Å²) in [6, 6.07) is 0. The Kier molecular flexibility index (Phi) is 48.9. The average Bonchev–Trinajstić information content (AvgIpc) is 3.30. The lowest BCUT2D eigenvalue weighted by molar-refractivity contribution is -0.870. The van der Waals surface area contributed by atoms with Crippen molar-refractivity contribution in [3.63, 3.8) is 0 Å². The highest BCUT2D eigenvalue weighted by atomic mass is 31.2. The Labute approximate surface area is 421 Å². The number of quaternary nitrogens is 1. The predicted octanol–water partition coefficient (Wildman–Crippen LogP) is 17.0. The van der Waals surface area contributed by atoms with Gasteiger partial charge in [0, 0.05) is 12.8 Å². The zero-order valence-corrected chi connectivity index (χ0v) is 46.2. The van der Waals surface area contributed by atoms with Crippen LogP contribution in [0.25, 0.3) is 0 Å². The average molecular weight is 980 g/mol. The summed E-state index contributed by atoms with van der Waals surface area (Å²) in [6.07, 6.45) is 60.6. The van der Waals surface area contributed by atoms with Gasteiger partial charge in [-0.25, -0.2) is 0 Å². The Morgan fingerprint density at radius 3 is 1.18 bits per heavy atom. The number of hydrogen-bond donors (Lipinski definition) is 0. The molecule has 68 heavy (non-hydrogen) atoms. The maximum atomic E-state index is 12.8. The fraction of sp³-hybridized carbons (Fsp3) is 0.862. The van der Waals surface area contributed by atoms with Gasteiger partial charge in [0.15, 0.2) is 6.10 Å². The van der Waals surface area contributed by atoms with Gasteiger partial charge >= 0.3 is 11.9 Å². The van der Waals surface area contributed by atoms with Gasteiger partial charge in [0.2, 0.25) is 0 Å². The summed E-state index contributed by atoms with van der Waals surface area (Å²) in [5.41, 5.74) is 0. The Balaban J connectivity index is 4.22. The lowest BCUT2D eigenvalue weighted by Crippen LogP contribution is -2.37. The van der Waals surface area contributed by atoms with Crippen molar-refractivity contribution >= 4 is 19.8 Å². The zero-order valence-electron chi connectivity index (χ0n) is 45.3. The van der Waals surface area contributed by atoms with E-state index in [1.165, 1.54) is 193 Å². The van der Waals surface area contributed by atoms with Crippen LogP contribution in [0, 0.1) is 0 Å². The summed E-state index contributed by atoms with van der Waals surface area (Å²) >= 11 is 0. The molecule has 400 valence electrons. The van der Waals surface area contributed by atoms with Gasteiger partial charge in [-0.2, -0.15) is 0 Å². The molecule has 0 bridgehead atoms. The monoisotopic (exact) mass is 980 g/mol. The highest BCUT2D eigenvalue weighted by Gasteiger charge is 2.21. The third kappa shape index (κ3) is 53.6. The number of unbranched alkanes of at least 4 members (excludes halogenated alkanes) is 33. The van der Waals surface area contributed by atoms with E-state index < -0.39 is 32.5 Å². The van der Waals surface area contributed by atoms with Gasteiger partial charge in [0.05, 0.1) is 27.7 Å². The largest absolute Gasteiger partial charge is 0.756 e. The number of phosphoric ester groups is 1. The minimum Gasteiger partial charge on any atom is -0.756 e. The van der Waals surface area contributed by atoms with E-state index >= 15 is 0 Å². The smallest absolute Gasteiger partial charge is 0.306 e. The van der Waals surface area contributed by atoms with Crippen LogP contribution in [0.5, 0.6) is 0 Å². The normalized spacial score (nSPS) is 13.6. The van der Waals surface area contributed by atoms with Gasteiger partial charge in [0.25, 0.3) is 7.82 Å². The molecule has 0 rings (SSSR count). The SMILES string of the molecule is CCCCCCCC/C=C/CCCCCCCCCCCCCC(=O)OC[C@H](COP(=O)([O-])OCC[N+](C)(C)C)OC(=O)CCC/C=C/CC/C=C/CCCCCCCCCCCCCCCC. The number of likely N-dealkylation sites (N-methyl/N-ethyl adjacent to an activating group) is 1. The van der Waals surface area contributed by atoms with E-state index in [1.807, 2.05) is 21.1 Å². The van der Waals surface area contributed by atoms with Crippen LogP contribution >= 0.6 is 7.82 Å². The summed E-state index contributed by atoms with van der Waals surface area (Å²) in [5.74, 6) is -0.874. The summed E-state index contributed by atoms with van der Waals surface area (Å²) in [4.78, 5) is 37.8. The number of esters is 2. The molecule has 1 unspecified atom stereocenters. The van der Waals surface area contributed by atoms with E-state index in [9.17, 15) is 19.0 Å². The van der Waals surface area contributed by atoms with Gasteiger partial charge in [-0.15, -0.1) is 0 Å². The molecule has 0 aromatic heterocycles. The molecule has 0 radical (unpaired) electrons. The Hall–Kier alpha value is -1.77. The van der Waals surface area contributed by atoms with Crippen molar-refractivity contribution in [2.45, 2.75) is 277 Å². The lowest BCUT2D eigenvalue weighted by Gasteiger charge is -2.28. The topological polar surface area (TPSA) is 111 Å². The van der Waals surface area contributed by atoms with Gasteiger partial charge in [0.1, 0.15) is 19.8 Å². The molecule has 0 N–H and O–H groups in total. The minimum absolute atomic E-state index is 0.0370. The Morgan fingerprint density at radius 1 is 0.441 bits per heavy atom. The summed E-state index contributed by atoms with van der Waals surface area (Å²) in [6.45, 7) is 4.23. The molecular weight excluding hydrogens is 870 g/mol. The molecule has 0 aliphatic heterocycles. The first-order valence-electron chi connectivity index (χ1n) is 28.7. The van der Waals surface area contributed by atoms with Crippen LogP contribution in [-0.2, 0) is 32.7 Å². The van der Waals surface area contributed by atoms with Crippen molar-refractivity contribution in [3.05, 3.63) is 36.5 Å². The second kappa shape index (κ2) is 50.2. The standard InChI is InChI=1S/C58H110NO8P/c1-6-8-10-12-14-16-18-20-22-24-26-28-29-31-33-35-37-39-41-43-45-47-49-51-58(61)67-56(55-66-68(62,63)65-53-52-59(3,4)5)54-64-57(60)50-48-46-44-42-40-38-36-34-32-30-27-25-23-21-19-17-15-13-11-9-7-2/h21,23,35,37,43,45,56H,6-20,22,24-34,36,38-42,44,46-55H2,1-5H3/b23-21+,37-35+,45-43+/t56-/m1/s1. The van der Waals surface area contributed by atoms with Gasteiger partial charge in [-0.05, 0) is 70.6 Å². The summed E-state index contributed by atoms with van der Waals surface area (Å²) in [7, 11) is 1.15. The van der Waals surface area contributed by atoms with Crippen LogP contribution in [0.2, 0.25) is 0 Å². The van der Waals surface area contributed by atoms with E-state index in [0.29, 0.717) is 17.4 Å². The number of nitrogens with zero attached hydrogens (tertiary/aromatic N) is 1. The molecule has 10 heteroatoms. The van der Waals surface area contributed by atoms with Crippen LogP contribution in [0.15, 0.2) is 36.5 Å². The molecule has 0 saturated heterocycles. The van der Waals surface area contributed by atoms with Crippen molar-refractivity contribution in [1.29, 1.82) is 0 Å². The molecule has 0 aliphatic rings. The van der Waals surface area contributed by atoms with Gasteiger partial charge in [-0.1, -0.05) is 224 Å². The van der Waals surface area contributed by atoms with Gasteiger partial charge < -0.3 is 27.9 Å². The molecule has 0 aromatic carbocycles. The number of ether oxygens (including phenoxy) is 2. The number of hydrogen-bond acceptors (Lipinski definition) is 8. The molecule has 0 amide bonds. The van der Waals surface area contributed by atoms with Gasteiger partial charge in [-0.3, -0.25) is 14.2 Å². The van der Waals surface area contributed by atoms with Crippen molar-refractivity contribution in [3.8, 4) is 0 Å². The molecule has 0 aliphatic carbocycles. The minimum atomic E-state index is -4.64. The fourth-order valence-electron chi connectivity index (χ4n) is 8.14. The fourth-order valence-corrected chi connectivity index (χ4v) is 8.87. The van der Waals surface area contributed by atoms with Crippen molar-refractivity contribution in [2.75, 3.05) is 47.5 Å². The quantitative estimate of drug-likeness (QED) is 0.0195. The van der Waals surface area contributed by atoms with E-state index in [-0.39, 0.29) is 26.1 Å². The van der Waals surface area contributed by atoms with E-state index in [1.54, 1.807) is 0 Å². The number of phosphoric acid groups is 1. The van der Waals surface area contributed by atoms with Crippen LogP contribution in [0.1, 0.15) is 271 Å². The molecular formula is C58H110NO8P. The first-order valence-corrected chi connectivity index (χ1v) is 30.2. The van der Waals surface area contributed by atoms with Crippen LogP contribution in [-0.4, -0.2) is 70.0 Å². The second-order valence-corrected chi connectivity index (χ2v) is 22.0. The lowest BCUT2D eigenvalue weighted by atomic mass is 10.0. The van der Waals surface area contributed by atoms with Crippen LogP contribution in [0.4, 0.5) is 0 Å².